The molecule has 0 spiro atoms. The molecule has 0 fully saturated rings. The van der Waals surface area contributed by atoms with Crippen molar-refractivity contribution in [3.05, 3.63) is 21.9 Å². The Hall–Kier alpha value is -0.890. The molecule has 0 aliphatic rings. The predicted molar refractivity (Wildman–Crippen MR) is 49.8 cm³/mol. The Kier molecular flexibility index (Phi) is 3.74. The van der Waals surface area contributed by atoms with E-state index in [1.54, 1.807) is 11.3 Å². The zero-order valence-electron chi connectivity index (χ0n) is 6.71. The van der Waals surface area contributed by atoms with E-state index in [-0.39, 0.29) is 0 Å². The van der Waals surface area contributed by atoms with E-state index < -0.39 is 0 Å². The smallest absolute Gasteiger partial charge is 0.100 e. The van der Waals surface area contributed by atoms with Gasteiger partial charge in [0.2, 0.25) is 0 Å². The van der Waals surface area contributed by atoms with Crippen LogP contribution in [0.25, 0.3) is 0 Å². The molecule has 0 amide bonds. The van der Waals surface area contributed by atoms with Crippen molar-refractivity contribution >= 4 is 11.3 Å². The summed E-state index contributed by atoms with van der Waals surface area (Å²) in [5.41, 5.74) is 6.05. The summed E-state index contributed by atoms with van der Waals surface area (Å²) in [6.07, 6.45) is 0. The number of rotatable bonds is 4. The van der Waals surface area contributed by atoms with Gasteiger partial charge < -0.3 is 11.1 Å². The molecule has 4 heteroatoms. The minimum atomic E-state index is 0.649. The van der Waals surface area contributed by atoms with Crippen LogP contribution in [0.3, 0.4) is 0 Å². The maximum absolute atomic E-state index is 8.54. The van der Waals surface area contributed by atoms with Crippen molar-refractivity contribution in [2.45, 2.75) is 6.54 Å². The second kappa shape index (κ2) is 4.88. The number of nitrogens with two attached hydrogens (primary N) is 1. The second-order valence-electron chi connectivity index (χ2n) is 2.38. The summed E-state index contributed by atoms with van der Waals surface area (Å²) in [6.45, 7) is 2.28. The fourth-order valence-electron chi connectivity index (χ4n) is 0.846. The Balaban J connectivity index is 2.38. The maximum Gasteiger partial charge on any atom is 0.100 e. The normalized spacial score (nSPS) is 9.67. The van der Waals surface area contributed by atoms with Gasteiger partial charge in [0.05, 0.1) is 5.56 Å². The van der Waals surface area contributed by atoms with Gasteiger partial charge in [0, 0.05) is 29.9 Å². The van der Waals surface area contributed by atoms with Gasteiger partial charge in [-0.15, -0.1) is 11.3 Å². The fourth-order valence-corrected chi connectivity index (χ4v) is 1.63. The van der Waals surface area contributed by atoms with Gasteiger partial charge in [0.15, 0.2) is 0 Å². The molecule has 3 N–H and O–H groups in total. The number of nitrogens with one attached hydrogen (secondary N) is 1. The van der Waals surface area contributed by atoms with Gasteiger partial charge in [-0.3, -0.25) is 0 Å². The van der Waals surface area contributed by atoms with Crippen LogP contribution in [0.1, 0.15) is 10.4 Å². The van der Waals surface area contributed by atoms with E-state index in [2.05, 4.69) is 11.4 Å². The minimum absolute atomic E-state index is 0.649. The number of nitriles is 1. The van der Waals surface area contributed by atoms with Crippen LogP contribution in [0.2, 0.25) is 0 Å². The Morgan fingerprint density at radius 3 is 3.08 bits per heavy atom. The van der Waals surface area contributed by atoms with E-state index in [0.717, 1.165) is 18.7 Å². The lowest BCUT2D eigenvalue weighted by atomic mass is 10.3. The van der Waals surface area contributed by atoms with Crippen LogP contribution in [-0.2, 0) is 6.54 Å². The molecule has 1 rings (SSSR count). The highest BCUT2D eigenvalue weighted by Gasteiger charge is 1.97. The van der Waals surface area contributed by atoms with Crippen molar-refractivity contribution in [3.63, 3.8) is 0 Å². The molecule has 1 aromatic heterocycles. The zero-order valence-corrected chi connectivity index (χ0v) is 7.53. The average Bonchev–Trinajstić information content (AvgIpc) is 2.53. The third-order valence-corrected chi connectivity index (χ3v) is 2.34. The third-order valence-electron chi connectivity index (χ3n) is 1.40. The summed E-state index contributed by atoms with van der Waals surface area (Å²) >= 11 is 1.60. The van der Waals surface area contributed by atoms with E-state index in [4.69, 9.17) is 11.0 Å². The molecule has 64 valence electrons. The summed E-state index contributed by atoms with van der Waals surface area (Å²) < 4.78 is 0. The quantitative estimate of drug-likeness (QED) is 0.671. The van der Waals surface area contributed by atoms with Crippen LogP contribution < -0.4 is 11.1 Å². The van der Waals surface area contributed by atoms with Crippen LogP contribution in [0, 0.1) is 11.3 Å². The molecule has 0 aliphatic carbocycles. The summed E-state index contributed by atoms with van der Waals surface area (Å²) in [7, 11) is 0. The van der Waals surface area contributed by atoms with Gasteiger partial charge in [-0.2, -0.15) is 5.26 Å². The molecule has 12 heavy (non-hydrogen) atoms. The molecule has 0 saturated heterocycles. The van der Waals surface area contributed by atoms with Crippen LogP contribution in [0.4, 0.5) is 0 Å². The van der Waals surface area contributed by atoms with Gasteiger partial charge in [-0.1, -0.05) is 0 Å². The van der Waals surface area contributed by atoms with E-state index in [1.165, 1.54) is 4.88 Å². The molecule has 0 bridgehead atoms. The lowest BCUT2D eigenvalue weighted by Crippen LogP contribution is -2.21. The molecule has 0 saturated carbocycles. The zero-order chi connectivity index (χ0) is 8.81. The Morgan fingerprint density at radius 2 is 2.50 bits per heavy atom. The highest BCUT2D eigenvalue weighted by molar-refractivity contribution is 7.10. The summed E-state index contributed by atoms with van der Waals surface area (Å²) in [4.78, 5) is 1.18. The molecule has 0 unspecified atom stereocenters. The highest BCUT2D eigenvalue weighted by Crippen LogP contribution is 2.12. The largest absolute Gasteiger partial charge is 0.329 e. The first-order chi connectivity index (χ1) is 5.86. The van der Waals surface area contributed by atoms with Gasteiger partial charge in [0.1, 0.15) is 6.07 Å². The number of hydrogen-bond donors (Lipinski definition) is 2. The molecule has 1 aromatic rings. The van der Waals surface area contributed by atoms with Crippen molar-refractivity contribution < 1.29 is 0 Å². The molecule has 1 heterocycles. The molecule has 0 aliphatic heterocycles. The molecule has 0 aromatic carbocycles. The Morgan fingerprint density at radius 1 is 1.67 bits per heavy atom. The van der Waals surface area contributed by atoms with E-state index in [1.807, 2.05) is 11.4 Å². The van der Waals surface area contributed by atoms with Gasteiger partial charge in [-0.05, 0) is 6.07 Å². The van der Waals surface area contributed by atoms with Crippen LogP contribution in [0.15, 0.2) is 11.4 Å². The SMILES string of the molecule is N#Cc1csc(CNCCN)c1. The van der Waals surface area contributed by atoms with Gasteiger partial charge in [-0.25, -0.2) is 0 Å². The summed E-state index contributed by atoms with van der Waals surface area (Å²) in [5, 5.41) is 13.6. The first-order valence-corrected chi connectivity index (χ1v) is 4.63. The van der Waals surface area contributed by atoms with Crippen molar-refractivity contribution in [2.75, 3.05) is 13.1 Å². The second-order valence-corrected chi connectivity index (χ2v) is 3.37. The minimum Gasteiger partial charge on any atom is -0.329 e. The molecule has 0 radical (unpaired) electrons. The van der Waals surface area contributed by atoms with Crippen molar-refractivity contribution in [2.24, 2.45) is 5.73 Å². The number of nitrogens with zero attached hydrogens (tertiary/aromatic N) is 1. The van der Waals surface area contributed by atoms with E-state index in [9.17, 15) is 0 Å². The predicted octanol–water partition coefficient (Wildman–Crippen LogP) is 0.668. The maximum atomic E-state index is 8.54. The van der Waals surface area contributed by atoms with Gasteiger partial charge >= 0.3 is 0 Å². The van der Waals surface area contributed by atoms with Crippen LogP contribution in [-0.4, -0.2) is 13.1 Å². The van der Waals surface area contributed by atoms with Crippen LogP contribution >= 0.6 is 11.3 Å². The van der Waals surface area contributed by atoms with Crippen LogP contribution in [0.5, 0.6) is 0 Å². The lowest BCUT2D eigenvalue weighted by Gasteiger charge is -1.97. The third kappa shape index (κ3) is 2.62. The van der Waals surface area contributed by atoms with Gasteiger partial charge in [0.25, 0.3) is 0 Å². The van der Waals surface area contributed by atoms with Crippen molar-refractivity contribution in [1.82, 2.24) is 5.32 Å². The van der Waals surface area contributed by atoms with E-state index >= 15 is 0 Å². The molecule has 0 atom stereocenters. The summed E-state index contributed by atoms with van der Waals surface area (Å²) in [5.74, 6) is 0. The van der Waals surface area contributed by atoms with Crippen molar-refractivity contribution in [3.8, 4) is 6.07 Å². The Bertz CT molecular complexity index is 274. The number of thiophene rings is 1. The fraction of sp³-hybridized carbons (Fsp3) is 0.375. The van der Waals surface area contributed by atoms with E-state index in [0.29, 0.717) is 6.54 Å². The highest BCUT2D eigenvalue weighted by atomic mass is 32.1. The Labute approximate surface area is 75.8 Å². The molecular formula is C8H11N3S. The average molecular weight is 181 g/mol. The first-order valence-electron chi connectivity index (χ1n) is 3.75. The number of hydrogen-bond acceptors (Lipinski definition) is 4. The molecule has 3 nitrogen and oxygen atoms in total. The lowest BCUT2D eigenvalue weighted by molar-refractivity contribution is 0.702. The standard InChI is InChI=1S/C8H11N3S/c9-1-2-11-5-8-3-7(4-10)6-12-8/h3,6,11H,1-2,5,9H2. The van der Waals surface area contributed by atoms with Crippen molar-refractivity contribution in [1.29, 1.82) is 5.26 Å². The topological polar surface area (TPSA) is 61.8 Å². The first kappa shape index (κ1) is 9.20. The summed E-state index contributed by atoms with van der Waals surface area (Å²) in [6, 6.07) is 3.99. The monoisotopic (exact) mass is 181 g/mol. The molecular weight excluding hydrogens is 170 g/mol.